The van der Waals surface area contributed by atoms with Gasteiger partial charge in [-0.3, -0.25) is 0 Å². The highest BCUT2D eigenvalue weighted by molar-refractivity contribution is 5.41. The van der Waals surface area contributed by atoms with E-state index in [1.165, 1.54) is 0 Å². The fraction of sp³-hybridized carbons (Fsp3) is 0.111. The van der Waals surface area contributed by atoms with E-state index >= 15 is 0 Å². The van der Waals surface area contributed by atoms with Gasteiger partial charge in [-0.25, -0.2) is 0 Å². The predicted molar refractivity (Wildman–Crippen MR) is 79.0 cm³/mol. The van der Waals surface area contributed by atoms with Crippen LogP contribution in [0.25, 0.3) is 0 Å². The van der Waals surface area contributed by atoms with E-state index in [1.54, 1.807) is 19.2 Å². The van der Waals surface area contributed by atoms with Gasteiger partial charge >= 0.3 is 0 Å². The lowest BCUT2D eigenvalue weighted by molar-refractivity contribution is 0.238. The topological polar surface area (TPSA) is 29.5 Å². The summed E-state index contributed by atoms with van der Waals surface area (Å²) < 4.78 is 5.10. The molecule has 98 valence electrons. The lowest BCUT2D eigenvalue weighted by Gasteiger charge is -2.05. The van der Waals surface area contributed by atoms with Gasteiger partial charge in [0.1, 0.15) is 11.9 Å². The van der Waals surface area contributed by atoms with Crippen molar-refractivity contribution >= 4 is 0 Å². The molecule has 0 heterocycles. The van der Waals surface area contributed by atoms with Crippen LogP contribution in [-0.4, -0.2) is 12.2 Å². The number of rotatable bonds is 2. The summed E-state index contributed by atoms with van der Waals surface area (Å²) in [7, 11) is 1.59. The first kappa shape index (κ1) is 13.7. The molecule has 0 bridgehead atoms. The van der Waals surface area contributed by atoms with Crippen molar-refractivity contribution < 1.29 is 9.84 Å². The predicted octanol–water partition coefficient (Wildman–Crippen LogP) is 2.78. The van der Waals surface area contributed by atoms with Gasteiger partial charge in [0.2, 0.25) is 0 Å². The molecule has 1 atom stereocenters. The number of methoxy groups -OCH3 is 1. The van der Waals surface area contributed by atoms with E-state index in [0.29, 0.717) is 11.3 Å². The molecule has 0 spiro atoms. The Hall–Kier alpha value is -2.68. The lowest BCUT2D eigenvalue weighted by atomic mass is 10.1. The highest BCUT2D eigenvalue weighted by Gasteiger charge is 2.03. The van der Waals surface area contributed by atoms with Gasteiger partial charge in [-0.15, -0.1) is 0 Å². The molecule has 0 saturated carbocycles. The van der Waals surface area contributed by atoms with Crippen molar-refractivity contribution in [1.29, 1.82) is 0 Å². The standard InChI is InChI=1S/C18H14O2/c1-20-17-12-7-11-16(14-17)18(19)13-6-5-10-15-8-3-2-4-9-15/h2-4,7-9,11-12,14,18-19H,1H3. The van der Waals surface area contributed by atoms with Gasteiger partial charge in [0, 0.05) is 5.56 Å². The Morgan fingerprint density at radius 1 is 1.00 bits per heavy atom. The summed E-state index contributed by atoms with van der Waals surface area (Å²) in [4.78, 5) is 0. The Balaban J connectivity index is 2.07. The summed E-state index contributed by atoms with van der Waals surface area (Å²) in [6.45, 7) is 0. The lowest BCUT2D eigenvalue weighted by Crippen LogP contribution is -1.94. The zero-order chi connectivity index (χ0) is 14.2. The second-order valence-corrected chi connectivity index (χ2v) is 4.06. The molecular formula is C18H14O2. The third-order valence-corrected chi connectivity index (χ3v) is 2.66. The van der Waals surface area contributed by atoms with E-state index in [4.69, 9.17) is 4.74 Å². The van der Waals surface area contributed by atoms with E-state index in [2.05, 4.69) is 23.7 Å². The van der Waals surface area contributed by atoms with Gasteiger partial charge in [-0.05, 0) is 41.7 Å². The molecule has 2 aromatic rings. The van der Waals surface area contributed by atoms with Gasteiger partial charge in [0.25, 0.3) is 0 Å². The highest BCUT2D eigenvalue weighted by Crippen LogP contribution is 2.18. The molecule has 0 aromatic heterocycles. The molecule has 2 nitrogen and oxygen atoms in total. The van der Waals surface area contributed by atoms with E-state index in [1.807, 2.05) is 42.5 Å². The molecule has 0 aliphatic heterocycles. The van der Waals surface area contributed by atoms with Crippen LogP contribution in [0.2, 0.25) is 0 Å². The molecule has 1 N–H and O–H groups in total. The van der Waals surface area contributed by atoms with Crippen LogP contribution in [0.15, 0.2) is 54.6 Å². The maximum absolute atomic E-state index is 9.94. The molecule has 1 unspecified atom stereocenters. The normalized spacial score (nSPS) is 10.5. The van der Waals surface area contributed by atoms with E-state index in [9.17, 15) is 5.11 Å². The fourth-order valence-corrected chi connectivity index (χ4v) is 1.62. The first-order chi connectivity index (χ1) is 9.79. The third kappa shape index (κ3) is 3.92. The number of ether oxygens (including phenoxy) is 1. The van der Waals surface area contributed by atoms with Crippen molar-refractivity contribution in [3.63, 3.8) is 0 Å². The number of aliphatic hydroxyl groups excluding tert-OH is 1. The average molecular weight is 262 g/mol. The van der Waals surface area contributed by atoms with Crippen molar-refractivity contribution in [2.45, 2.75) is 6.10 Å². The van der Waals surface area contributed by atoms with Crippen molar-refractivity contribution in [1.82, 2.24) is 0 Å². The van der Waals surface area contributed by atoms with Gasteiger partial charge in [-0.2, -0.15) is 0 Å². The summed E-state index contributed by atoms with van der Waals surface area (Å²) >= 11 is 0. The summed E-state index contributed by atoms with van der Waals surface area (Å²) in [5, 5.41) is 9.94. The second kappa shape index (κ2) is 7.04. The van der Waals surface area contributed by atoms with Gasteiger partial charge in [0.05, 0.1) is 7.11 Å². The van der Waals surface area contributed by atoms with E-state index in [-0.39, 0.29) is 0 Å². The zero-order valence-electron chi connectivity index (χ0n) is 11.1. The Kier molecular flexibility index (Phi) is 4.84. The third-order valence-electron chi connectivity index (χ3n) is 2.66. The Bertz CT molecular complexity index is 682. The van der Waals surface area contributed by atoms with Crippen LogP contribution < -0.4 is 4.74 Å². The zero-order valence-corrected chi connectivity index (χ0v) is 11.1. The van der Waals surface area contributed by atoms with Crippen LogP contribution in [0.5, 0.6) is 5.75 Å². The minimum atomic E-state index is -0.866. The minimum absolute atomic E-state index is 0.693. The molecule has 0 fully saturated rings. The number of hydrogen-bond acceptors (Lipinski definition) is 2. The number of benzene rings is 2. The van der Waals surface area contributed by atoms with E-state index in [0.717, 1.165) is 5.56 Å². The summed E-state index contributed by atoms with van der Waals surface area (Å²) in [5.74, 6) is 11.7. The van der Waals surface area contributed by atoms with Crippen molar-refractivity contribution in [2.24, 2.45) is 0 Å². The maximum atomic E-state index is 9.94. The van der Waals surface area contributed by atoms with E-state index < -0.39 is 6.10 Å². The Morgan fingerprint density at radius 3 is 2.55 bits per heavy atom. The van der Waals surface area contributed by atoms with Crippen molar-refractivity contribution in [3.05, 3.63) is 65.7 Å². The van der Waals surface area contributed by atoms with Crippen LogP contribution in [0.3, 0.4) is 0 Å². The molecule has 0 radical (unpaired) electrons. The fourth-order valence-electron chi connectivity index (χ4n) is 1.62. The Morgan fingerprint density at radius 2 is 1.80 bits per heavy atom. The first-order valence-corrected chi connectivity index (χ1v) is 6.18. The number of aliphatic hydroxyl groups is 1. The quantitative estimate of drug-likeness (QED) is 0.843. The molecular weight excluding hydrogens is 248 g/mol. The second-order valence-electron chi connectivity index (χ2n) is 4.06. The Labute approximate surface area is 119 Å². The molecule has 0 saturated heterocycles. The van der Waals surface area contributed by atoms with Crippen molar-refractivity contribution in [3.8, 4) is 29.4 Å². The molecule has 2 aromatic carbocycles. The molecule has 2 rings (SSSR count). The largest absolute Gasteiger partial charge is 0.497 e. The highest BCUT2D eigenvalue weighted by atomic mass is 16.5. The van der Waals surface area contributed by atoms with Crippen LogP contribution >= 0.6 is 0 Å². The molecule has 0 aliphatic carbocycles. The molecule has 0 amide bonds. The smallest absolute Gasteiger partial charge is 0.141 e. The molecule has 0 aliphatic rings. The average Bonchev–Trinajstić information content (AvgIpc) is 2.52. The summed E-state index contributed by atoms with van der Waals surface area (Å²) in [6, 6.07) is 16.8. The minimum Gasteiger partial charge on any atom is -0.497 e. The SMILES string of the molecule is COc1cccc(C(O)C#CC#Cc2ccccc2)c1. The molecule has 20 heavy (non-hydrogen) atoms. The molecule has 2 heteroatoms. The van der Waals surface area contributed by atoms with Crippen LogP contribution in [0.1, 0.15) is 17.2 Å². The van der Waals surface area contributed by atoms with Crippen LogP contribution in [-0.2, 0) is 0 Å². The van der Waals surface area contributed by atoms with Gasteiger partial charge < -0.3 is 9.84 Å². The van der Waals surface area contributed by atoms with Crippen LogP contribution in [0.4, 0.5) is 0 Å². The number of hydrogen-bond donors (Lipinski definition) is 1. The first-order valence-electron chi connectivity index (χ1n) is 6.18. The maximum Gasteiger partial charge on any atom is 0.141 e. The monoisotopic (exact) mass is 262 g/mol. The van der Waals surface area contributed by atoms with Crippen molar-refractivity contribution in [2.75, 3.05) is 7.11 Å². The van der Waals surface area contributed by atoms with Gasteiger partial charge in [0.15, 0.2) is 0 Å². The summed E-state index contributed by atoms with van der Waals surface area (Å²) in [5.41, 5.74) is 1.59. The van der Waals surface area contributed by atoms with Gasteiger partial charge in [-0.1, -0.05) is 42.2 Å². The summed E-state index contributed by atoms with van der Waals surface area (Å²) in [6.07, 6.45) is -0.866. The van der Waals surface area contributed by atoms with Crippen LogP contribution in [0, 0.1) is 23.7 Å².